The summed E-state index contributed by atoms with van der Waals surface area (Å²) in [4.78, 5) is 23.1. The zero-order valence-electron chi connectivity index (χ0n) is 12.8. The third-order valence-electron chi connectivity index (χ3n) is 3.22. The SMILES string of the molecule is CCCC(C)(NC(=O)CSCc1ccc(C#N)cc1)C(=O)O. The minimum Gasteiger partial charge on any atom is -0.480 e. The molecule has 0 aliphatic rings. The van der Waals surface area contributed by atoms with Gasteiger partial charge in [0.1, 0.15) is 5.54 Å². The van der Waals surface area contributed by atoms with E-state index in [-0.39, 0.29) is 11.7 Å². The molecule has 22 heavy (non-hydrogen) atoms. The van der Waals surface area contributed by atoms with Crippen LogP contribution in [0.2, 0.25) is 0 Å². The lowest BCUT2D eigenvalue weighted by molar-refractivity contribution is -0.146. The van der Waals surface area contributed by atoms with Gasteiger partial charge in [-0.05, 0) is 31.0 Å². The molecule has 0 radical (unpaired) electrons. The minimum absolute atomic E-state index is 0.201. The molecule has 1 atom stereocenters. The third kappa shape index (κ3) is 5.41. The van der Waals surface area contributed by atoms with Crippen LogP contribution in [0.3, 0.4) is 0 Å². The van der Waals surface area contributed by atoms with E-state index in [1.807, 2.05) is 19.1 Å². The summed E-state index contributed by atoms with van der Waals surface area (Å²) in [5.74, 6) is -0.458. The Morgan fingerprint density at radius 3 is 2.50 bits per heavy atom. The zero-order chi connectivity index (χ0) is 16.6. The van der Waals surface area contributed by atoms with Gasteiger partial charge in [-0.15, -0.1) is 11.8 Å². The van der Waals surface area contributed by atoms with Gasteiger partial charge in [-0.25, -0.2) is 4.79 Å². The predicted molar refractivity (Wildman–Crippen MR) is 86.4 cm³/mol. The van der Waals surface area contributed by atoms with Crippen LogP contribution >= 0.6 is 11.8 Å². The predicted octanol–water partition coefficient (Wildman–Crippen LogP) is 2.55. The molecule has 0 saturated carbocycles. The van der Waals surface area contributed by atoms with Crippen molar-refractivity contribution in [2.24, 2.45) is 0 Å². The van der Waals surface area contributed by atoms with Crippen molar-refractivity contribution >= 4 is 23.6 Å². The van der Waals surface area contributed by atoms with E-state index in [0.717, 1.165) is 5.56 Å². The van der Waals surface area contributed by atoms with Crippen molar-refractivity contribution in [3.63, 3.8) is 0 Å². The summed E-state index contributed by atoms with van der Waals surface area (Å²) < 4.78 is 0. The molecule has 5 nitrogen and oxygen atoms in total. The number of hydrogen-bond donors (Lipinski definition) is 2. The number of amides is 1. The molecule has 0 aliphatic heterocycles. The normalized spacial score (nSPS) is 13.0. The first-order chi connectivity index (χ1) is 10.4. The highest BCUT2D eigenvalue weighted by Crippen LogP contribution is 2.15. The maximum atomic E-state index is 11.9. The summed E-state index contributed by atoms with van der Waals surface area (Å²) in [6.45, 7) is 3.41. The second kappa shape index (κ2) is 8.44. The van der Waals surface area contributed by atoms with Crippen LogP contribution < -0.4 is 5.32 Å². The first-order valence-corrected chi connectivity index (χ1v) is 8.18. The lowest BCUT2D eigenvalue weighted by atomic mass is 9.96. The number of hydrogen-bond acceptors (Lipinski definition) is 4. The van der Waals surface area contributed by atoms with E-state index in [1.54, 1.807) is 12.1 Å². The minimum atomic E-state index is -1.21. The van der Waals surface area contributed by atoms with Gasteiger partial charge in [0.05, 0.1) is 17.4 Å². The Bertz CT molecular complexity index is 566. The van der Waals surface area contributed by atoms with Gasteiger partial charge < -0.3 is 10.4 Å². The molecule has 0 bridgehead atoms. The van der Waals surface area contributed by atoms with Crippen molar-refractivity contribution in [1.29, 1.82) is 5.26 Å². The highest BCUT2D eigenvalue weighted by molar-refractivity contribution is 7.99. The van der Waals surface area contributed by atoms with Crippen LogP contribution in [-0.2, 0) is 15.3 Å². The lowest BCUT2D eigenvalue weighted by Crippen LogP contribution is -2.52. The van der Waals surface area contributed by atoms with Crippen molar-refractivity contribution in [1.82, 2.24) is 5.32 Å². The fraction of sp³-hybridized carbons (Fsp3) is 0.438. The van der Waals surface area contributed by atoms with Gasteiger partial charge in [-0.2, -0.15) is 5.26 Å². The number of nitrogens with zero attached hydrogens (tertiary/aromatic N) is 1. The number of carbonyl (C=O) groups excluding carboxylic acids is 1. The van der Waals surface area contributed by atoms with Crippen molar-refractivity contribution < 1.29 is 14.7 Å². The topological polar surface area (TPSA) is 90.2 Å². The first-order valence-electron chi connectivity index (χ1n) is 7.02. The molecule has 1 aromatic carbocycles. The first kappa shape index (κ1) is 18.1. The van der Waals surface area contributed by atoms with E-state index in [4.69, 9.17) is 5.26 Å². The molecular weight excluding hydrogens is 300 g/mol. The summed E-state index contributed by atoms with van der Waals surface area (Å²) in [6.07, 6.45) is 1.08. The molecule has 6 heteroatoms. The van der Waals surface area contributed by atoms with Gasteiger partial charge in [-0.3, -0.25) is 4.79 Å². The van der Waals surface area contributed by atoms with E-state index in [0.29, 0.717) is 24.2 Å². The number of rotatable bonds is 8. The number of aliphatic carboxylic acids is 1. The van der Waals surface area contributed by atoms with Crippen molar-refractivity contribution in [2.45, 2.75) is 38.0 Å². The van der Waals surface area contributed by atoms with Crippen LogP contribution in [0, 0.1) is 11.3 Å². The second-order valence-electron chi connectivity index (χ2n) is 5.24. The van der Waals surface area contributed by atoms with Gasteiger partial charge in [0, 0.05) is 5.75 Å². The van der Waals surface area contributed by atoms with Crippen LogP contribution in [0.5, 0.6) is 0 Å². The van der Waals surface area contributed by atoms with Gasteiger partial charge in [0.15, 0.2) is 0 Å². The molecule has 0 aromatic heterocycles. The lowest BCUT2D eigenvalue weighted by Gasteiger charge is -2.25. The van der Waals surface area contributed by atoms with Crippen LogP contribution in [0.15, 0.2) is 24.3 Å². The summed E-state index contributed by atoms with van der Waals surface area (Å²) >= 11 is 1.41. The van der Waals surface area contributed by atoms with Crippen molar-refractivity contribution in [3.8, 4) is 6.07 Å². The standard InChI is InChI=1S/C16H20N2O3S/c1-3-8-16(2,15(20)21)18-14(19)11-22-10-13-6-4-12(9-17)5-7-13/h4-7H,3,8,10-11H2,1-2H3,(H,18,19)(H,20,21). The number of nitrogens with one attached hydrogen (secondary N) is 1. The fourth-order valence-corrected chi connectivity index (χ4v) is 2.79. The Balaban J connectivity index is 2.45. The number of carbonyl (C=O) groups is 2. The van der Waals surface area contributed by atoms with Crippen molar-refractivity contribution in [3.05, 3.63) is 35.4 Å². The maximum Gasteiger partial charge on any atom is 0.329 e. The summed E-state index contributed by atoms with van der Waals surface area (Å²) in [6, 6.07) is 9.22. The Hall–Kier alpha value is -2.00. The molecular formula is C16H20N2O3S. The van der Waals surface area contributed by atoms with Crippen LogP contribution in [0.4, 0.5) is 0 Å². The highest BCUT2D eigenvalue weighted by Gasteiger charge is 2.33. The largest absolute Gasteiger partial charge is 0.480 e. The van der Waals surface area contributed by atoms with Gasteiger partial charge >= 0.3 is 5.97 Å². The van der Waals surface area contributed by atoms with Crippen molar-refractivity contribution in [2.75, 3.05) is 5.75 Å². The number of benzene rings is 1. The molecule has 118 valence electrons. The number of carboxylic acid groups (broad SMARTS) is 1. The van der Waals surface area contributed by atoms with Gasteiger partial charge in [-0.1, -0.05) is 25.5 Å². The third-order valence-corrected chi connectivity index (χ3v) is 4.23. The molecule has 0 heterocycles. The fourth-order valence-electron chi connectivity index (χ4n) is 2.00. The van der Waals surface area contributed by atoms with Gasteiger partial charge in [0.2, 0.25) is 5.91 Å². The zero-order valence-corrected chi connectivity index (χ0v) is 13.6. The Kier molecular flexibility index (Phi) is 6.93. The molecule has 0 saturated heterocycles. The van der Waals surface area contributed by atoms with Crippen LogP contribution in [-0.4, -0.2) is 28.3 Å². The molecule has 0 fully saturated rings. The molecule has 1 unspecified atom stereocenters. The Labute approximate surface area is 134 Å². The molecule has 1 aromatic rings. The van der Waals surface area contributed by atoms with E-state index >= 15 is 0 Å². The molecule has 1 amide bonds. The maximum absolute atomic E-state index is 11.9. The quantitative estimate of drug-likeness (QED) is 0.768. The number of nitriles is 1. The molecule has 0 spiro atoms. The van der Waals surface area contributed by atoms with E-state index in [2.05, 4.69) is 11.4 Å². The van der Waals surface area contributed by atoms with E-state index in [1.165, 1.54) is 18.7 Å². The summed E-state index contributed by atoms with van der Waals surface area (Å²) in [7, 11) is 0. The van der Waals surface area contributed by atoms with Crippen LogP contribution in [0.25, 0.3) is 0 Å². The Morgan fingerprint density at radius 1 is 1.36 bits per heavy atom. The number of carboxylic acids is 1. The molecule has 0 aliphatic carbocycles. The Morgan fingerprint density at radius 2 is 2.00 bits per heavy atom. The molecule has 2 N–H and O–H groups in total. The monoisotopic (exact) mass is 320 g/mol. The van der Waals surface area contributed by atoms with Gasteiger partial charge in [0.25, 0.3) is 0 Å². The number of thioether (sulfide) groups is 1. The summed E-state index contributed by atoms with van der Waals surface area (Å²) in [5, 5.41) is 20.5. The van der Waals surface area contributed by atoms with Crippen LogP contribution in [0.1, 0.15) is 37.8 Å². The highest BCUT2D eigenvalue weighted by atomic mass is 32.2. The average molecular weight is 320 g/mol. The average Bonchev–Trinajstić information content (AvgIpc) is 2.48. The smallest absolute Gasteiger partial charge is 0.329 e. The summed E-state index contributed by atoms with van der Waals surface area (Å²) in [5.41, 5.74) is 0.413. The van der Waals surface area contributed by atoms with E-state index in [9.17, 15) is 14.7 Å². The van der Waals surface area contributed by atoms with E-state index < -0.39 is 11.5 Å². The second-order valence-corrected chi connectivity index (χ2v) is 6.22. The molecule has 1 rings (SSSR count).